The molecule has 2 heterocycles. The van der Waals surface area contributed by atoms with E-state index in [9.17, 15) is 32.1 Å². The predicted molar refractivity (Wildman–Crippen MR) is 105 cm³/mol. The first-order chi connectivity index (χ1) is 15.0. The monoisotopic (exact) mass is 497 g/mol. The smallest absolute Gasteiger partial charge is 0.362 e. The fourth-order valence-electron chi connectivity index (χ4n) is 2.49. The van der Waals surface area contributed by atoms with Crippen LogP contribution in [0.2, 0.25) is 0 Å². The third kappa shape index (κ3) is 6.37. The van der Waals surface area contributed by atoms with E-state index in [1.54, 1.807) is 0 Å². The highest BCUT2D eigenvalue weighted by molar-refractivity contribution is 8.04. The number of hydroxylamine groups is 1. The molecular formula is C14H19N5O11S2. The van der Waals surface area contributed by atoms with Crippen molar-refractivity contribution in [1.82, 2.24) is 15.1 Å². The number of carboxylic acid groups (broad SMARTS) is 1. The van der Waals surface area contributed by atoms with Crippen LogP contribution in [0.15, 0.2) is 15.6 Å². The Bertz CT molecular complexity index is 951. The quantitative estimate of drug-likeness (QED) is 0.0614. The van der Waals surface area contributed by atoms with E-state index in [2.05, 4.69) is 20.5 Å². The first-order valence-electron chi connectivity index (χ1n) is 8.51. The highest BCUT2D eigenvalue weighted by Crippen LogP contribution is 2.28. The largest absolute Gasteiger partial charge is 0.479 e. The minimum Gasteiger partial charge on any atom is -0.479 e. The van der Waals surface area contributed by atoms with Crippen LogP contribution in [0, 0.1) is 0 Å². The molecule has 2 aliphatic heterocycles. The number of amides is 2. The van der Waals surface area contributed by atoms with E-state index in [-0.39, 0.29) is 14.9 Å². The van der Waals surface area contributed by atoms with E-state index < -0.39 is 71.5 Å². The molecule has 2 rings (SSSR count). The zero-order chi connectivity index (χ0) is 24.1. The van der Waals surface area contributed by atoms with Gasteiger partial charge in [0.05, 0.1) is 18.6 Å². The lowest BCUT2D eigenvalue weighted by molar-refractivity contribution is -0.152. The number of thioether (sulfide) groups is 1. The number of β-lactam (4-membered cyclic amide) rings is 1. The number of nitrogens with one attached hydrogen (secondary N) is 2. The summed E-state index contributed by atoms with van der Waals surface area (Å²) >= 11 is 0.917. The van der Waals surface area contributed by atoms with E-state index >= 15 is 0 Å². The van der Waals surface area contributed by atoms with Crippen molar-refractivity contribution in [3.63, 3.8) is 0 Å². The first-order valence-corrected chi connectivity index (χ1v) is 10.8. The number of ether oxygens (including phenoxy) is 2. The van der Waals surface area contributed by atoms with Crippen molar-refractivity contribution in [3.05, 3.63) is 10.6 Å². The predicted octanol–water partition coefficient (Wildman–Crippen LogP) is -3.45. The number of aliphatic imine (C=N–C) groups is 1. The molecule has 1 saturated heterocycles. The number of esters is 1. The summed E-state index contributed by atoms with van der Waals surface area (Å²) < 4.78 is 41.6. The van der Waals surface area contributed by atoms with E-state index in [1.165, 1.54) is 6.21 Å². The normalized spacial score (nSPS) is 24.0. The fourth-order valence-corrected chi connectivity index (χ4v) is 4.12. The second-order valence-electron chi connectivity index (χ2n) is 6.03. The number of hydrogen-bond donors (Lipinski definition) is 5. The van der Waals surface area contributed by atoms with Crippen LogP contribution in [0.25, 0.3) is 0 Å². The maximum atomic E-state index is 12.7. The molecule has 0 aliphatic carbocycles. The number of allylic oxidation sites excluding steroid dienone is 1. The zero-order valence-electron chi connectivity index (χ0n) is 16.3. The third-order valence-electron chi connectivity index (χ3n) is 3.87. The van der Waals surface area contributed by atoms with Gasteiger partial charge in [0.25, 0.3) is 11.8 Å². The van der Waals surface area contributed by atoms with Crippen molar-refractivity contribution in [2.45, 2.75) is 17.6 Å². The molecule has 2 amide bonds. The first kappa shape index (κ1) is 25.5. The summed E-state index contributed by atoms with van der Waals surface area (Å²) in [7, 11) is -3.89. The Balaban J connectivity index is 2.16. The van der Waals surface area contributed by atoms with Crippen LogP contribution in [0.4, 0.5) is 0 Å². The summed E-state index contributed by atoms with van der Waals surface area (Å²) in [5.74, 6) is -4.29. The second kappa shape index (κ2) is 10.7. The number of hydrogen-bond acceptors (Lipinski definition) is 13. The van der Waals surface area contributed by atoms with Crippen LogP contribution in [0.3, 0.4) is 0 Å². The third-order valence-corrected chi connectivity index (χ3v) is 5.74. The number of aliphatic carboxylic acids is 1. The van der Waals surface area contributed by atoms with Gasteiger partial charge >= 0.3 is 22.2 Å². The molecule has 0 spiro atoms. The van der Waals surface area contributed by atoms with Crippen molar-refractivity contribution < 1.29 is 51.6 Å². The van der Waals surface area contributed by atoms with Crippen LogP contribution in [-0.4, -0.2) is 96.9 Å². The van der Waals surface area contributed by atoms with Gasteiger partial charge in [0.1, 0.15) is 29.9 Å². The maximum Gasteiger partial charge on any atom is 0.362 e. The molecule has 1 unspecified atom stereocenters. The van der Waals surface area contributed by atoms with Crippen LogP contribution in [0.1, 0.15) is 0 Å². The van der Waals surface area contributed by atoms with Crippen molar-refractivity contribution in [1.29, 1.82) is 0 Å². The Morgan fingerprint density at radius 2 is 2.03 bits per heavy atom. The number of methoxy groups -OCH3 is 1. The van der Waals surface area contributed by atoms with Crippen LogP contribution >= 0.6 is 11.8 Å². The van der Waals surface area contributed by atoms with Gasteiger partial charge < -0.3 is 25.6 Å². The standard InChI is InChI=1S/C14H19N5O11S2/c1-28-9(22)5-29-3-6-10(13(24)19(6)32(25,26)27)17-12(23)11(18-30-4-8(20)21)7-2-16-14(15)31-7/h2,6,10,14,18H,3-5,15H2,1H3,(H,17,23)(H,20,21)(H,25,26,27)/t6-,10-,14?/m0/s1. The number of carbonyl (C=O) groups is 4. The SMILES string of the molecule is COC(=O)COC[C@H]1[C@H](NC(=O)C(NOCC(=O)O)=C2C=NC(N)S2)C(=O)N1S(=O)(=O)O. The molecule has 0 aromatic carbocycles. The summed E-state index contributed by atoms with van der Waals surface area (Å²) in [5, 5.41) is 10.9. The second-order valence-corrected chi connectivity index (χ2v) is 8.48. The Kier molecular flexibility index (Phi) is 8.52. The van der Waals surface area contributed by atoms with Gasteiger partial charge in [-0.15, -0.1) is 0 Å². The van der Waals surface area contributed by atoms with Gasteiger partial charge in [0.2, 0.25) is 0 Å². The Morgan fingerprint density at radius 3 is 2.56 bits per heavy atom. The maximum absolute atomic E-state index is 12.7. The number of nitrogens with two attached hydrogens (primary N) is 1. The molecule has 3 atom stereocenters. The highest BCUT2D eigenvalue weighted by atomic mass is 32.2. The average molecular weight is 497 g/mol. The summed E-state index contributed by atoms with van der Waals surface area (Å²) in [4.78, 5) is 55.4. The Hall–Kier alpha value is -2.77. The molecule has 0 saturated carbocycles. The molecular weight excluding hydrogens is 478 g/mol. The van der Waals surface area contributed by atoms with Gasteiger partial charge in [-0.2, -0.15) is 8.42 Å². The summed E-state index contributed by atoms with van der Waals surface area (Å²) in [6.45, 7) is -1.95. The number of carboxylic acids is 1. The number of nitrogens with zero attached hydrogens (tertiary/aromatic N) is 2. The van der Waals surface area contributed by atoms with Crippen molar-refractivity contribution in [3.8, 4) is 0 Å². The number of carbonyl (C=O) groups excluding carboxylic acids is 3. The van der Waals surface area contributed by atoms with Crippen molar-refractivity contribution >= 4 is 52.0 Å². The molecule has 2 aliphatic rings. The van der Waals surface area contributed by atoms with Gasteiger partial charge in [-0.25, -0.2) is 13.9 Å². The molecule has 0 radical (unpaired) electrons. The summed E-state index contributed by atoms with van der Waals surface area (Å²) in [6.07, 6.45) is 1.21. The van der Waals surface area contributed by atoms with Crippen LogP contribution in [-0.2, 0) is 43.8 Å². The minimum absolute atomic E-state index is 0.0814. The molecule has 0 aromatic rings. The molecule has 0 aromatic heterocycles. The van der Waals surface area contributed by atoms with Gasteiger partial charge in [0, 0.05) is 6.21 Å². The Labute approximate surface area is 184 Å². The lowest BCUT2D eigenvalue weighted by Crippen LogP contribution is -2.73. The number of rotatable bonds is 11. The fraction of sp³-hybridized carbons (Fsp3) is 0.500. The molecule has 6 N–H and O–H groups in total. The topological polar surface area (TPSA) is 236 Å². The molecule has 18 heteroatoms. The molecule has 178 valence electrons. The van der Waals surface area contributed by atoms with Crippen molar-refractivity contribution in [2.24, 2.45) is 10.7 Å². The van der Waals surface area contributed by atoms with Crippen LogP contribution < -0.4 is 16.5 Å². The van der Waals surface area contributed by atoms with Crippen LogP contribution in [0.5, 0.6) is 0 Å². The molecule has 0 bridgehead atoms. The van der Waals surface area contributed by atoms with Gasteiger partial charge in [-0.1, -0.05) is 11.8 Å². The lowest BCUT2D eigenvalue weighted by atomic mass is 9.99. The van der Waals surface area contributed by atoms with E-state index in [1.807, 2.05) is 0 Å². The summed E-state index contributed by atoms with van der Waals surface area (Å²) in [6, 6.07) is -2.86. The van der Waals surface area contributed by atoms with E-state index in [0.29, 0.717) is 0 Å². The molecule has 16 nitrogen and oxygen atoms in total. The minimum atomic E-state index is -4.98. The van der Waals surface area contributed by atoms with E-state index in [4.69, 9.17) is 20.4 Å². The van der Waals surface area contributed by atoms with E-state index in [0.717, 1.165) is 18.9 Å². The van der Waals surface area contributed by atoms with Gasteiger partial charge in [-0.05, 0) is 0 Å². The van der Waals surface area contributed by atoms with Gasteiger partial charge in [0.15, 0.2) is 6.61 Å². The highest BCUT2D eigenvalue weighted by Gasteiger charge is 2.54. The summed E-state index contributed by atoms with van der Waals surface area (Å²) in [5.41, 5.74) is 6.66. The lowest BCUT2D eigenvalue weighted by Gasteiger charge is -2.43. The van der Waals surface area contributed by atoms with Gasteiger partial charge in [-0.3, -0.25) is 29.5 Å². The Morgan fingerprint density at radius 1 is 1.34 bits per heavy atom. The molecule has 1 fully saturated rings. The molecule has 32 heavy (non-hydrogen) atoms. The van der Waals surface area contributed by atoms with Crippen molar-refractivity contribution in [2.75, 3.05) is 26.9 Å². The average Bonchev–Trinajstić information content (AvgIpc) is 3.12. The zero-order valence-corrected chi connectivity index (χ0v) is 17.9.